The first-order chi connectivity index (χ1) is 14.8. The van der Waals surface area contributed by atoms with Crippen LogP contribution in [0.15, 0.2) is 18.7 Å². The van der Waals surface area contributed by atoms with Gasteiger partial charge in [-0.05, 0) is 12.8 Å². The number of aromatic nitrogens is 2. The first kappa shape index (κ1) is 31.5. The summed E-state index contributed by atoms with van der Waals surface area (Å²) in [5, 5.41) is -7.11. The zero-order valence-corrected chi connectivity index (χ0v) is 18.8. The molecule has 0 bridgehead atoms. The number of unbranched alkanes of at least 4 members (excludes halogenated alkanes) is 7. The van der Waals surface area contributed by atoms with Crippen LogP contribution in [0.3, 0.4) is 0 Å². The van der Waals surface area contributed by atoms with Gasteiger partial charge in [-0.1, -0.05) is 45.4 Å². The molecule has 0 atom stereocenters. The molecule has 0 aliphatic rings. The summed E-state index contributed by atoms with van der Waals surface area (Å²) in [6.45, 7) is 3.45. The van der Waals surface area contributed by atoms with Crippen molar-refractivity contribution >= 4 is 10.1 Å². The van der Waals surface area contributed by atoms with E-state index in [0.717, 1.165) is 0 Å². The van der Waals surface area contributed by atoms with Crippen molar-refractivity contribution in [3.8, 4) is 0 Å². The first-order valence-electron chi connectivity index (χ1n) is 9.99. The second-order valence-electron chi connectivity index (χ2n) is 7.41. The van der Waals surface area contributed by atoms with Crippen LogP contribution in [-0.2, 0) is 23.7 Å². The summed E-state index contributed by atoms with van der Waals surface area (Å²) in [6, 6.07) is 0. The number of hydrogen-bond acceptors (Lipinski definition) is 3. The van der Waals surface area contributed by atoms with Crippen LogP contribution in [0.5, 0.6) is 0 Å². The number of imidazole rings is 1. The number of aryl methyl sites for hydroxylation is 2. The summed E-state index contributed by atoms with van der Waals surface area (Å²) in [5.41, 5.74) is 0. The third kappa shape index (κ3) is 8.65. The molecule has 1 aromatic rings. The van der Waals surface area contributed by atoms with E-state index in [1.54, 1.807) is 0 Å². The van der Waals surface area contributed by atoms with Crippen LogP contribution in [0.4, 0.5) is 39.5 Å². The van der Waals surface area contributed by atoms with Crippen molar-refractivity contribution in [2.75, 3.05) is 0 Å². The van der Waals surface area contributed by atoms with Gasteiger partial charge in [-0.2, -0.15) is 39.5 Å². The Labute approximate surface area is 186 Å². The van der Waals surface area contributed by atoms with Gasteiger partial charge in [0.2, 0.25) is 6.33 Å². The molecule has 5 nitrogen and oxygen atoms in total. The second-order valence-corrected chi connectivity index (χ2v) is 8.83. The molecule has 0 aliphatic heterocycles. The van der Waals surface area contributed by atoms with Crippen molar-refractivity contribution in [2.45, 2.75) is 88.1 Å². The largest absolute Gasteiger partial charge is 0.743 e. The Bertz CT molecular complexity index is 809. The molecule has 0 unspecified atom stereocenters. The van der Waals surface area contributed by atoms with Gasteiger partial charge in [0.25, 0.3) is 0 Å². The zero-order valence-electron chi connectivity index (χ0n) is 18.0. The Morgan fingerprint density at radius 1 is 0.818 bits per heavy atom. The molecular formula is C18H27F9N2O3S. The van der Waals surface area contributed by atoms with Crippen molar-refractivity contribution in [3.63, 3.8) is 0 Å². The number of hydrogen-bond donors (Lipinski definition) is 0. The Hall–Kier alpha value is -1.51. The minimum Gasteiger partial charge on any atom is -0.743 e. The maximum Gasteiger partial charge on any atom is 0.460 e. The highest BCUT2D eigenvalue weighted by Gasteiger charge is 2.83. The van der Waals surface area contributed by atoms with Gasteiger partial charge in [-0.15, -0.1) is 0 Å². The zero-order chi connectivity index (χ0) is 26.1. The van der Waals surface area contributed by atoms with Crippen LogP contribution >= 0.6 is 0 Å². The summed E-state index contributed by atoms with van der Waals surface area (Å²) in [7, 11) is -5.34. The van der Waals surface area contributed by atoms with Crippen LogP contribution in [0.1, 0.15) is 58.3 Å². The maximum atomic E-state index is 12.2. The lowest BCUT2D eigenvalue weighted by atomic mass is 10.1. The highest BCUT2D eigenvalue weighted by molar-refractivity contribution is 7.86. The molecule has 33 heavy (non-hydrogen) atoms. The van der Waals surface area contributed by atoms with Crippen molar-refractivity contribution in [1.82, 2.24) is 4.57 Å². The van der Waals surface area contributed by atoms with Crippen LogP contribution in [-0.4, -0.2) is 40.8 Å². The lowest BCUT2D eigenvalue weighted by Gasteiger charge is -2.34. The summed E-state index contributed by atoms with van der Waals surface area (Å²) in [4.78, 5) is 0. The van der Waals surface area contributed by atoms with E-state index in [4.69, 9.17) is 0 Å². The molecule has 0 saturated heterocycles. The number of rotatable bonds is 12. The van der Waals surface area contributed by atoms with E-state index in [0.29, 0.717) is 0 Å². The van der Waals surface area contributed by atoms with E-state index >= 15 is 0 Å². The minimum atomic E-state index is -7.43. The van der Waals surface area contributed by atoms with E-state index in [2.05, 4.69) is 41.8 Å². The summed E-state index contributed by atoms with van der Waals surface area (Å²) in [6.07, 6.45) is 10.4. The van der Waals surface area contributed by atoms with E-state index in [1.807, 2.05) is 0 Å². The minimum absolute atomic E-state index is 1.18. The highest BCUT2D eigenvalue weighted by atomic mass is 32.2. The smallest absolute Gasteiger partial charge is 0.460 e. The molecule has 0 N–H and O–H groups in total. The van der Waals surface area contributed by atoms with Crippen molar-refractivity contribution in [3.05, 3.63) is 18.7 Å². The van der Waals surface area contributed by atoms with Crippen LogP contribution in [0.25, 0.3) is 0 Å². The Morgan fingerprint density at radius 2 is 1.27 bits per heavy atom. The normalized spacial score (nSPS) is 13.6. The van der Waals surface area contributed by atoms with E-state index in [9.17, 15) is 52.5 Å². The average molecular weight is 522 g/mol. The van der Waals surface area contributed by atoms with Crippen molar-refractivity contribution < 1.29 is 57.1 Å². The second kappa shape index (κ2) is 12.3. The fraction of sp³-hybridized carbons (Fsp3) is 0.833. The van der Waals surface area contributed by atoms with Crippen LogP contribution in [0.2, 0.25) is 0 Å². The molecule has 0 saturated carbocycles. The number of nitrogens with zero attached hydrogens (tertiary/aromatic N) is 2. The summed E-state index contributed by atoms with van der Waals surface area (Å²) in [5.74, 6) is -14.8. The fourth-order valence-corrected chi connectivity index (χ4v) is 3.02. The van der Waals surface area contributed by atoms with E-state index in [-0.39, 0.29) is 0 Å². The molecule has 0 spiro atoms. The lowest BCUT2D eigenvalue weighted by Crippen LogP contribution is -2.63. The number of alkyl halides is 9. The Morgan fingerprint density at radius 3 is 1.64 bits per heavy atom. The molecule has 196 valence electrons. The topological polar surface area (TPSA) is 66.0 Å². The van der Waals surface area contributed by atoms with E-state index in [1.165, 1.54) is 57.9 Å². The predicted octanol–water partition coefficient (Wildman–Crippen LogP) is 5.41. The van der Waals surface area contributed by atoms with Crippen molar-refractivity contribution in [1.29, 1.82) is 0 Å². The Balaban J connectivity index is 0.000000621. The average Bonchev–Trinajstić information content (AvgIpc) is 3.07. The monoisotopic (exact) mass is 522 g/mol. The molecule has 0 aromatic carbocycles. The SMILES string of the molecule is CCCCCCCCCCn1cc[n+](C)c1.O=S(=O)([O-])C(F)(F)C(F)(F)C(F)(F)C(F)(F)F. The van der Waals surface area contributed by atoms with Crippen LogP contribution < -0.4 is 4.57 Å². The lowest BCUT2D eigenvalue weighted by molar-refractivity contribution is -0.671. The molecular weight excluding hydrogens is 495 g/mol. The third-order valence-electron chi connectivity index (χ3n) is 4.52. The maximum absolute atomic E-state index is 12.2. The van der Waals surface area contributed by atoms with Gasteiger partial charge in [-0.25, -0.2) is 17.6 Å². The van der Waals surface area contributed by atoms with E-state index < -0.39 is 33.4 Å². The standard InChI is InChI=1S/C14H27N2.C4HF9O3S/c1-3-4-5-6-7-8-9-10-11-16-13-12-15(2)14-16;5-1(6,3(9,10)11)2(7,8)4(12,13)17(14,15)16/h12-14H,3-11H2,1-2H3;(H,14,15,16)/q+1;/p-1. The molecule has 1 heterocycles. The van der Waals surface area contributed by atoms with Crippen molar-refractivity contribution in [2.24, 2.45) is 7.05 Å². The summed E-state index contributed by atoms with van der Waals surface area (Å²) < 4.78 is 140. The molecule has 1 rings (SSSR count). The van der Waals surface area contributed by atoms with Gasteiger partial charge in [0.15, 0.2) is 10.1 Å². The van der Waals surface area contributed by atoms with Gasteiger partial charge in [0.05, 0.1) is 13.6 Å². The molecule has 0 fully saturated rings. The van der Waals surface area contributed by atoms with Gasteiger partial charge >= 0.3 is 23.3 Å². The molecule has 0 amide bonds. The molecule has 1 aromatic heterocycles. The Kier molecular flexibility index (Phi) is 11.7. The highest BCUT2D eigenvalue weighted by Crippen LogP contribution is 2.54. The van der Waals surface area contributed by atoms with Gasteiger partial charge in [0.1, 0.15) is 12.4 Å². The molecule has 0 aliphatic carbocycles. The quantitative estimate of drug-likeness (QED) is 0.160. The first-order valence-corrected chi connectivity index (χ1v) is 11.4. The van der Waals surface area contributed by atoms with Crippen LogP contribution in [0, 0.1) is 0 Å². The molecule has 15 heteroatoms. The molecule has 0 radical (unpaired) electrons. The van der Waals surface area contributed by atoms with Gasteiger partial charge < -0.3 is 4.55 Å². The van der Waals surface area contributed by atoms with Gasteiger partial charge in [-0.3, -0.25) is 0 Å². The predicted molar refractivity (Wildman–Crippen MR) is 98.8 cm³/mol. The summed E-state index contributed by atoms with van der Waals surface area (Å²) >= 11 is 0. The number of halogens is 9. The fourth-order valence-electron chi connectivity index (χ4n) is 2.58. The third-order valence-corrected chi connectivity index (χ3v) is 5.41. The van der Waals surface area contributed by atoms with Gasteiger partial charge in [0, 0.05) is 0 Å².